The SMILES string of the molecule is Cn1cc(C(CN)N2CCCC2c2ccncc2)cn1. The van der Waals surface area contributed by atoms with Crippen LogP contribution in [0.15, 0.2) is 36.9 Å². The maximum atomic E-state index is 6.04. The van der Waals surface area contributed by atoms with Gasteiger partial charge in [-0.2, -0.15) is 5.10 Å². The average Bonchev–Trinajstić information content (AvgIpc) is 3.11. The lowest BCUT2D eigenvalue weighted by Crippen LogP contribution is -2.33. The van der Waals surface area contributed by atoms with E-state index in [4.69, 9.17) is 5.73 Å². The number of rotatable bonds is 4. The smallest absolute Gasteiger partial charge is 0.0538 e. The lowest BCUT2D eigenvalue weighted by Gasteiger charge is -2.32. The summed E-state index contributed by atoms with van der Waals surface area (Å²) in [4.78, 5) is 6.62. The van der Waals surface area contributed by atoms with Gasteiger partial charge in [-0.25, -0.2) is 0 Å². The van der Waals surface area contributed by atoms with Crippen LogP contribution in [0.2, 0.25) is 0 Å². The van der Waals surface area contributed by atoms with Crippen molar-refractivity contribution in [3.8, 4) is 0 Å². The van der Waals surface area contributed by atoms with E-state index < -0.39 is 0 Å². The van der Waals surface area contributed by atoms with Crippen molar-refractivity contribution in [2.45, 2.75) is 24.9 Å². The summed E-state index contributed by atoms with van der Waals surface area (Å²) >= 11 is 0. The van der Waals surface area contributed by atoms with Crippen LogP contribution in [0.1, 0.15) is 36.1 Å². The van der Waals surface area contributed by atoms with E-state index in [0.717, 1.165) is 6.54 Å². The molecule has 5 nitrogen and oxygen atoms in total. The summed E-state index contributed by atoms with van der Waals surface area (Å²) < 4.78 is 1.84. The number of pyridine rings is 1. The molecule has 1 saturated heterocycles. The number of aromatic nitrogens is 3. The van der Waals surface area contributed by atoms with Gasteiger partial charge in [0, 0.05) is 43.8 Å². The topological polar surface area (TPSA) is 60.0 Å². The van der Waals surface area contributed by atoms with E-state index in [1.165, 1.54) is 24.0 Å². The van der Waals surface area contributed by atoms with Crippen LogP contribution in [0.3, 0.4) is 0 Å². The number of likely N-dealkylation sites (tertiary alicyclic amines) is 1. The molecule has 1 aliphatic rings. The lowest BCUT2D eigenvalue weighted by atomic mass is 10.0. The summed E-state index contributed by atoms with van der Waals surface area (Å²) in [6, 6.07) is 4.90. The van der Waals surface area contributed by atoms with Gasteiger partial charge in [-0.05, 0) is 37.1 Å². The summed E-state index contributed by atoms with van der Waals surface area (Å²) in [5.41, 5.74) is 8.58. The van der Waals surface area contributed by atoms with Gasteiger partial charge < -0.3 is 5.73 Å². The van der Waals surface area contributed by atoms with Crippen LogP contribution in [-0.4, -0.2) is 32.8 Å². The van der Waals surface area contributed by atoms with Crippen LogP contribution in [0, 0.1) is 0 Å². The number of aryl methyl sites for hydroxylation is 1. The lowest BCUT2D eigenvalue weighted by molar-refractivity contribution is 0.185. The molecule has 0 radical (unpaired) electrons. The summed E-state index contributed by atoms with van der Waals surface area (Å²) in [7, 11) is 1.95. The van der Waals surface area contributed by atoms with E-state index in [1.807, 2.05) is 30.3 Å². The fourth-order valence-electron chi connectivity index (χ4n) is 3.18. The fraction of sp³-hybridized carbons (Fsp3) is 0.467. The summed E-state index contributed by atoms with van der Waals surface area (Å²) in [6.45, 7) is 1.71. The van der Waals surface area contributed by atoms with E-state index >= 15 is 0 Å². The van der Waals surface area contributed by atoms with Gasteiger partial charge in [-0.3, -0.25) is 14.6 Å². The zero-order valence-electron chi connectivity index (χ0n) is 11.8. The molecule has 5 heteroatoms. The predicted molar refractivity (Wildman–Crippen MR) is 77.9 cm³/mol. The molecule has 20 heavy (non-hydrogen) atoms. The Morgan fingerprint density at radius 2 is 2.20 bits per heavy atom. The highest BCUT2D eigenvalue weighted by Crippen LogP contribution is 2.37. The molecule has 1 fully saturated rings. The Kier molecular flexibility index (Phi) is 3.80. The molecule has 0 aliphatic carbocycles. The minimum Gasteiger partial charge on any atom is -0.329 e. The van der Waals surface area contributed by atoms with Crippen molar-refractivity contribution in [2.75, 3.05) is 13.1 Å². The van der Waals surface area contributed by atoms with Crippen LogP contribution >= 0.6 is 0 Å². The molecule has 0 bridgehead atoms. The zero-order chi connectivity index (χ0) is 13.9. The summed E-state index contributed by atoms with van der Waals surface area (Å²) in [6.07, 6.45) is 10.1. The van der Waals surface area contributed by atoms with Gasteiger partial charge in [0.25, 0.3) is 0 Å². The molecule has 0 amide bonds. The number of hydrogen-bond acceptors (Lipinski definition) is 4. The van der Waals surface area contributed by atoms with Crippen molar-refractivity contribution >= 4 is 0 Å². The van der Waals surface area contributed by atoms with Gasteiger partial charge in [0.05, 0.1) is 12.2 Å². The molecule has 2 aromatic rings. The van der Waals surface area contributed by atoms with Crippen molar-refractivity contribution in [3.05, 3.63) is 48.0 Å². The summed E-state index contributed by atoms with van der Waals surface area (Å²) in [5.74, 6) is 0. The van der Waals surface area contributed by atoms with Crippen LogP contribution in [0.4, 0.5) is 0 Å². The number of hydrogen-bond donors (Lipinski definition) is 1. The first-order chi connectivity index (χ1) is 9.79. The van der Waals surface area contributed by atoms with Gasteiger partial charge in [0.2, 0.25) is 0 Å². The third-order valence-corrected chi connectivity index (χ3v) is 4.12. The number of nitrogens with zero attached hydrogens (tertiary/aromatic N) is 4. The standard InChI is InChI=1S/C15H21N5/c1-19-11-13(10-18-19)15(9-16)20-8-2-3-14(20)12-4-6-17-7-5-12/h4-7,10-11,14-15H,2-3,8-9,16H2,1H3. The first-order valence-corrected chi connectivity index (χ1v) is 7.14. The van der Waals surface area contributed by atoms with Crippen LogP contribution < -0.4 is 5.73 Å². The van der Waals surface area contributed by atoms with Crippen molar-refractivity contribution in [1.82, 2.24) is 19.7 Å². The minimum absolute atomic E-state index is 0.240. The molecule has 0 aromatic carbocycles. The average molecular weight is 271 g/mol. The molecular weight excluding hydrogens is 250 g/mol. The van der Waals surface area contributed by atoms with Crippen LogP contribution in [0.5, 0.6) is 0 Å². The maximum Gasteiger partial charge on any atom is 0.0538 e. The molecule has 2 N–H and O–H groups in total. The molecule has 1 aliphatic heterocycles. The van der Waals surface area contributed by atoms with E-state index in [9.17, 15) is 0 Å². The quantitative estimate of drug-likeness (QED) is 0.918. The van der Waals surface area contributed by atoms with Gasteiger partial charge >= 0.3 is 0 Å². The molecule has 2 atom stereocenters. The van der Waals surface area contributed by atoms with E-state index in [-0.39, 0.29) is 6.04 Å². The van der Waals surface area contributed by atoms with Gasteiger partial charge in [0.15, 0.2) is 0 Å². The van der Waals surface area contributed by atoms with Crippen molar-refractivity contribution in [3.63, 3.8) is 0 Å². The highest BCUT2D eigenvalue weighted by molar-refractivity contribution is 5.20. The van der Waals surface area contributed by atoms with Crippen molar-refractivity contribution in [1.29, 1.82) is 0 Å². The summed E-state index contributed by atoms with van der Waals surface area (Å²) in [5, 5.41) is 4.28. The Morgan fingerprint density at radius 3 is 2.85 bits per heavy atom. The van der Waals surface area contributed by atoms with Crippen LogP contribution in [0.25, 0.3) is 0 Å². The molecule has 2 unspecified atom stereocenters. The third kappa shape index (κ3) is 2.46. The minimum atomic E-state index is 0.240. The second-order valence-electron chi connectivity index (χ2n) is 5.38. The molecule has 3 rings (SSSR count). The molecular formula is C15H21N5. The molecule has 2 aromatic heterocycles. The van der Waals surface area contributed by atoms with E-state index in [2.05, 4.69) is 33.3 Å². The van der Waals surface area contributed by atoms with Gasteiger partial charge in [0.1, 0.15) is 0 Å². The van der Waals surface area contributed by atoms with Crippen LogP contribution in [-0.2, 0) is 7.05 Å². The van der Waals surface area contributed by atoms with Crippen molar-refractivity contribution < 1.29 is 0 Å². The van der Waals surface area contributed by atoms with E-state index in [0.29, 0.717) is 12.6 Å². The Hall–Kier alpha value is -1.72. The second kappa shape index (κ2) is 5.73. The van der Waals surface area contributed by atoms with Crippen molar-refractivity contribution in [2.24, 2.45) is 12.8 Å². The fourth-order valence-corrected chi connectivity index (χ4v) is 3.18. The zero-order valence-corrected chi connectivity index (χ0v) is 11.8. The van der Waals surface area contributed by atoms with Gasteiger partial charge in [-0.15, -0.1) is 0 Å². The van der Waals surface area contributed by atoms with E-state index in [1.54, 1.807) is 0 Å². The highest BCUT2D eigenvalue weighted by Gasteiger charge is 2.32. The first-order valence-electron chi connectivity index (χ1n) is 7.14. The van der Waals surface area contributed by atoms with Gasteiger partial charge in [-0.1, -0.05) is 0 Å². The molecule has 3 heterocycles. The third-order valence-electron chi connectivity index (χ3n) is 4.12. The normalized spacial score (nSPS) is 21.2. The Balaban J connectivity index is 1.87. The molecule has 0 spiro atoms. The predicted octanol–water partition coefficient (Wildman–Crippen LogP) is 1.65. The Bertz CT molecular complexity index is 550. The Morgan fingerprint density at radius 1 is 1.40 bits per heavy atom. The first kappa shape index (κ1) is 13.3. The Labute approximate surface area is 119 Å². The molecule has 106 valence electrons. The highest BCUT2D eigenvalue weighted by atomic mass is 15.3. The maximum absolute atomic E-state index is 6.04. The monoisotopic (exact) mass is 271 g/mol. The largest absolute Gasteiger partial charge is 0.329 e. The molecule has 0 saturated carbocycles. The number of nitrogens with two attached hydrogens (primary N) is 1. The second-order valence-corrected chi connectivity index (χ2v) is 5.38.